The van der Waals surface area contributed by atoms with Gasteiger partial charge in [-0.25, -0.2) is 0 Å². The number of para-hydroxylation sites is 2. The van der Waals surface area contributed by atoms with Crippen molar-refractivity contribution in [1.82, 2.24) is 9.13 Å². The van der Waals surface area contributed by atoms with Gasteiger partial charge in [0.1, 0.15) is 0 Å². The fourth-order valence-corrected chi connectivity index (χ4v) is 7.07. The molecule has 0 radical (unpaired) electrons. The number of fused-ring (bicyclic) bond motifs is 6. The molecule has 0 atom stereocenters. The van der Waals surface area contributed by atoms with E-state index < -0.39 is 40.8 Å². The van der Waals surface area contributed by atoms with Gasteiger partial charge in [-0.3, -0.25) is 0 Å². The summed E-state index contributed by atoms with van der Waals surface area (Å²) in [4.78, 5) is 0. The van der Waals surface area contributed by atoms with Crippen LogP contribution in [0.5, 0.6) is 0 Å². The minimum Gasteiger partial charge on any atom is -0.308 e. The summed E-state index contributed by atoms with van der Waals surface area (Å²) in [6, 6.07) is 28.4. The van der Waals surface area contributed by atoms with Crippen LogP contribution in [-0.2, 0) is 18.5 Å². The fraction of sp³-hybridized carbons (Fsp3) is 0.0750. The van der Waals surface area contributed by atoms with Crippen LogP contribution in [-0.4, -0.2) is 9.13 Å². The van der Waals surface area contributed by atoms with Gasteiger partial charge in [-0.05, 0) is 60.2 Å². The van der Waals surface area contributed by atoms with Crippen molar-refractivity contribution in [3.05, 3.63) is 144 Å². The van der Waals surface area contributed by atoms with E-state index in [2.05, 4.69) is 0 Å². The Labute approximate surface area is 288 Å². The number of hydrogen-bond donors (Lipinski definition) is 0. The standard InChI is InChI=1S/C40H20F9N3/c41-38(42,43)23-13-15-27-25-7-2-5-11-31(25)51(33(27)19-23)35-17-22(21-50)18-36(37(35)29-9-1-4-10-30(29)40(47,48)49)52-32-12-6-3-8-26(32)28-16-14-24(20-34(28)52)39(44,45)46/h1-20H. The lowest BCUT2D eigenvalue weighted by Crippen LogP contribution is -2.11. The lowest BCUT2D eigenvalue weighted by atomic mass is 9.94. The monoisotopic (exact) mass is 713 g/mol. The molecule has 6 aromatic carbocycles. The van der Waals surface area contributed by atoms with Crippen molar-refractivity contribution in [2.24, 2.45) is 0 Å². The molecular weight excluding hydrogens is 693 g/mol. The van der Waals surface area contributed by atoms with Crippen molar-refractivity contribution in [2.75, 3.05) is 0 Å². The van der Waals surface area contributed by atoms with Crippen LogP contribution in [0.25, 0.3) is 66.1 Å². The summed E-state index contributed by atoms with van der Waals surface area (Å²) in [6.07, 6.45) is -14.5. The van der Waals surface area contributed by atoms with E-state index in [9.17, 15) is 44.8 Å². The smallest absolute Gasteiger partial charge is 0.308 e. The fourth-order valence-electron chi connectivity index (χ4n) is 7.07. The van der Waals surface area contributed by atoms with E-state index in [1.807, 2.05) is 6.07 Å². The SMILES string of the molecule is N#Cc1cc(-n2c3ccccc3c3ccc(C(F)(F)F)cc32)c(-c2ccccc2C(F)(F)F)c(-n2c3ccccc3c3ccc(C(F)(F)F)cc32)c1. The van der Waals surface area contributed by atoms with Gasteiger partial charge in [0.25, 0.3) is 0 Å². The van der Waals surface area contributed by atoms with Crippen LogP contribution in [0.4, 0.5) is 39.5 Å². The molecule has 258 valence electrons. The van der Waals surface area contributed by atoms with E-state index in [0.29, 0.717) is 32.6 Å². The number of halogens is 9. The summed E-state index contributed by atoms with van der Waals surface area (Å²) in [6.45, 7) is 0. The van der Waals surface area contributed by atoms with E-state index in [-0.39, 0.29) is 33.5 Å². The Bertz CT molecular complexity index is 2620. The third kappa shape index (κ3) is 5.15. The van der Waals surface area contributed by atoms with Gasteiger partial charge in [-0.15, -0.1) is 0 Å². The molecule has 0 saturated carbocycles. The zero-order valence-corrected chi connectivity index (χ0v) is 26.3. The van der Waals surface area contributed by atoms with Gasteiger partial charge in [0, 0.05) is 27.1 Å². The molecule has 8 aromatic rings. The lowest BCUT2D eigenvalue weighted by molar-refractivity contribution is -0.138. The topological polar surface area (TPSA) is 33.6 Å². The first-order valence-electron chi connectivity index (χ1n) is 15.6. The van der Waals surface area contributed by atoms with Crippen molar-refractivity contribution >= 4 is 43.6 Å². The molecule has 0 spiro atoms. The first kappa shape index (κ1) is 33.0. The van der Waals surface area contributed by atoms with E-state index in [4.69, 9.17) is 0 Å². The van der Waals surface area contributed by atoms with E-state index in [0.717, 1.165) is 30.3 Å². The molecule has 0 aliphatic carbocycles. The molecule has 0 unspecified atom stereocenters. The highest BCUT2D eigenvalue weighted by Gasteiger charge is 2.37. The Hall–Kier alpha value is -6.22. The molecular formula is C40H20F9N3. The Morgan fingerprint density at radius 1 is 0.442 bits per heavy atom. The largest absolute Gasteiger partial charge is 0.417 e. The first-order chi connectivity index (χ1) is 24.7. The average molecular weight is 714 g/mol. The third-order valence-corrected chi connectivity index (χ3v) is 9.21. The van der Waals surface area contributed by atoms with Crippen molar-refractivity contribution in [2.45, 2.75) is 18.5 Å². The van der Waals surface area contributed by atoms with Crippen LogP contribution in [0.15, 0.2) is 121 Å². The summed E-state index contributed by atoms with van der Waals surface area (Å²) in [5.74, 6) is 0. The summed E-state index contributed by atoms with van der Waals surface area (Å²) in [5.41, 5.74) is -3.36. The zero-order chi connectivity index (χ0) is 36.7. The average Bonchev–Trinajstić information content (AvgIpc) is 3.62. The Morgan fingerprint density at radius 2 is 0.865 bits per heavy atom. The van der Waals surface area contributed by atoms with E-state index in [1.165, 1.54) is 51.6 Å². The summed E-state index contributed by atoms with van der Waals surface area (Å²) >= 11 is 0. The van der Waals surface area contributed by atoms with Crippen LogP contribution >= 0.6 is 0 Å². The minimum absolute atomic E-state index is 0.00983. The van der Waals surface area contributed by atoms with Gasteiger partial charge in [0.2, 0.25) is 0 Å². The number of aromatic nitrogens is 2. The zero-order valence-electron chi connectivity index (χ0n) is 26.3. The number of hydrogen-bond acceptors (Lipinski definition) is 1. The maximum atomic E-state index is 14.9. The number of nitriles is 1. The van der Waals surface area contributed by atoms with Crippen molar-refractivity contribution in [1.29, 1.82) is 5.26 Å². The second-order valence-electron chi connectivity index (χ2n) is 12.2. The predicted molar refractivity (Wildman–Crippen MR) is 180 cm³/mol. The van der Waals surface area contributed by atoms with Crippen LogP contribution in [0, 0.1) is 11.3 Å². The molecule has 0 aliphatic heterocycles. The predicted octanol–water partition coefficient (Wildman–Crippen LogP) is 12.5. The molecule has 3 nitrogen and oxygen atoms in total. The molecule has 52 heavy (non-hydrogen) atoms. The van der Waals surface area contributed by atoms with Crippen LogP contribution in [0.1, 0.15) is 22.3 Å². The Balaban J connectivity index is 1.63. The molecule has 0 aliphatic rings. The number of rotatable bonds is 3. The number of alkyl halides is 9. The van der Waals surface area contributed by atoms with E-state index >= 15 is 0 Å². The van der Waals surface area contributed by atoms with Gasteiger partial charge < -0.3 is 9.13 Å². The molecule has 0 amide bonds. The van der Waals surface area contributed by atoms with Gasteiger partial charge >= 0.3 is 18.5 Å². The first-order valence-corrected chi connectivity index (χ1v) is 15.6. The third-order valence-electron chi connectivity index (χ3n) is 9.21. The summed E-state index contributed by atoms with van der Waals surface area (Å²) in [5, 5.41) is 12.0. The van der Waals surface area contributed by atoms with Crippen LogP contribution < -0.4 is 0 Å². The summed E-state index contributed by atoms with van der Waals surface area (Å²) in [7, 11) is 0. The molecule has 2 heterocycles. The quantitative estimate of drug-likeness (QED) is 0.168. The molecule has 12 heteroatoms. The Morgan fingerprint density at radius 3 is 1.31 bits per heavy atom. The van der Waals surface area contributed by atoms with Crippen molar-refractivity contribution in [3.63, 3.8) is 0 Å². The van der Waals surface area contributed by atoms with Gasteiger partial charge in [0.05, 0.1) is 61.8 Å². The summed E-state index contributed by atoms with van der Waals surface area (Å²) < 4.78 is 132. The molecule has 0 saturated heterocycles. The van der Waals surface area contributed by atoms with Crippen LogP contribution in [0.2, 0.25) is 0 Å². The molecule has 0 bridgehead atoms. The highest BCUT2D eigenvalue weighted by atomic mass is 19.4. The van der Waals surface area contributed by atoms with Crippen molar-refractivity contribution < 1.29 is 39.5 Å². The maximum Gasteiger partial charge on any atom is 0.417 e. The normalized spacial score (nSPS) is 12.7. The molecule has 0 N–H and O–H groups in total. The lowest BCUT2D eigenvalue weighted by Gasteiger charge is -2.23. The number of benzene rings is 6. The molecule has 2 aromatic heterocycles. The van der Waals surface area contributed by atoms with Crippen molar-refractivity contribution in [3.8, 4) is 28.6 Å². The second kappa shape index (κ2) is 11.4. The Kier molecular flexibility index (Phi) is 7.22. The van der Waals surface area contributed by atoms with Gasteiger partial charge in [-0.1, -0.05) is 66.7 Å². The molecule has 0 fully saturated rings. The second-order valence-corrected chi connectivity index (χ2v) is 12.2. The highest BCUT2D eigenvalue weighted by molar-refractivity contribution is 6.12. The maximum absolute atomic E-state index is 14.9. The van der Waals surface area contributed by atoms with Gasteiger partial charge in [0.15, 0.2) is 0 Å². The van der Waals surface area contributed by atoms with Crippen LogP contribution in [0.3, 0.4) is 0 Å². The molecule has 8 rings (SSSR count). The van der Waals surface area contributed by atoms with Gasteiger partial charge in [-0.2, -0.15) is 44.8 Å². The minimum atomic E-state index is -4.94. The highest BCUT2D eigenvalue weighted by Crippen LogP contribution is 2.47. The number of nitrogens with zero attached hydrogens (tertiary/aromatic N) is 3. The van der Waals surface area contributed by atoms with E-state index in [1.54, 1.807) is 48.5 Å².